The van der Waals surface area contributed by atoms with Gasteiger partial charge >= 0.3 is 0 Å². The van der Waals surface area contributed by atoms with Crippen LogP contribution in [0.1, 0.15) is 32.3 Å². The third-order valence-electron chi connectivity index (χ3n) is 3.00. The molecule has 0 saturated heterocycles. The predicted octanol–water partition coefficient (Wildman–Crippen LogP) is 5.04. The Morgan fingerprint density at radius 3 is 2.56 bits per heavy atom. The van der Waals surface area contributed by atoms with Crippen molar-refractivity contribution in [2.45, 2.75) is 26.7 Å². The van der Waals surface area contributed by atoms with Crippen LogP contribution in [0.25, 0.3) is 16.3 Å². The van der Waals surface area contributed by atoms with Crippen LogP contribution in [0.5, 0.6) is 0 Å². The topological polar surface area (TPSA) is 0 Å². The van der Waals surface area contributed by atoms with Gasteiger partial charge in [-0.3, -0.25) is 0 Å². The first-order valence-corrected chi connectivity index (χ1v) is 6.00. The quantitative estimate of drug-likeness (QED) is 0.665. The molecule has 0 aromatic heterocycles. The van der Waals surface area contributed by atoms with E-state index in [2.05, 4.69) is 62.4 Å². The molecule has 0 saturated carbocycles. The van der Waals surface area contributed by atoms with Crippen molar-refractivity contribution in [3.05, 3.63) is 54.1 Å². The van der Waals surface area contributed by atoms with E-state index in [1.54, 1.807) is 0 Å². The highest BCUT2D eigenvalue weighted by atomic mass is 14.1. The zero-order valence-electron chi connectivity index (χ0n) is 10.0. The van der Waals surface area contributed by atoms with Crippen molar-refractivity contribution < 1.29 is 0 Å². The van der Waals surface area contributed by atoms with Crippen LogP contribution < -0.4 is 0 Å². The Bertz CT molecular complexity index is 501. The molecule has 2 aromatic rings. The standard InChI is InChI=1S/C16H18/c1-3-8-13(4-2)15-12-7-10-14-9-5-6-11-16(14)15/h4-7,9-12H,3,8H2,1-2H3. The fraction of sp³-hybridized carbons (Fsp3) is 0.250. The minimum atomic E-state index is 1.16. The number of hydrogen-bond donors (Lipinski definition) is 0. The summed E-state index contributed by atoms with van der Waals surface area (Å²) in [6.45, 7) is 4.36. The molecule has 16 heavy (non-hydrogen) atoms. The molecule has 0 amide bonds. The Hall–Kier alpha value is -1.56. The Balaban J connectivity index is 2.59. The molecule has 0 aliphatic rings. The minimum absolute atomic E-state index is 1.16. The van der Waals surface area contributed by atoms with Crippen LogP contribution in [-0.4, -0.2) is 0 Å². The first-order valence-electron chi connectivity index (χ1n) is 6.00. The number of rotatable bonds is 3. The monoisotopic (exact) mass is 210 g/mol. The highest BCUT2D eigenvalue weighted by molar-refractivity contribution is 5.93. The van der Waals surface area contributed by atoms with E-state index in [0.717, 1.165) is 6.42 Å². The highest BCUT2D eigenvalue weighted by Crippen LogP contribution is 2.27. The first-order chi connectivity index (χ1) is 7.86. The molecule has 0 aliphatic carbocycles. The Kier molecular flexibility index (Phi) is 3.40. The van der Waals surface area contributed by atoms with Gasteiger partial charge in [0, 0.05) is 0 Å². The van der Waals surface area contributed by atoms with Crippen LogP contribution in [0.2, 0.25) is 0 Å². The predicted molar refractivity (Wildman–Crippen MR) is 72.5 cm³/mol. The molecule has 0 unspecified atom stereocenters. The van der Waals surface area contributed by atoms with Crippen LogP contribution in [0, 0.1) is 0 Å². The summed E-state index contributed by atoms with van der Waals surface area (Å²) in [6, 6.07) is 15.2. The van der Waals surface area contributed by atoms with Gasteiger partial charge in [-0.25, -0.2) is 0 Å². The maximum Gasteiger partial charge on any atom is -0.0109 e. The molecule has 0 heterocycles. The first kappa shape index (κ1) is 10.9. The van der Waals surface area contributed by atoms with Gasteiger partial charge in [0.25, 0.3) is 0 Å². The van der Waals surface area contributed by atoms with Gasteiger partial charge in [0.2, 0.25) is 0 Å². The van der Waals surface area contributed by atoms with Crippen molar-refractivity contribution in [1.82, 2.24) is 0 Å². The van der Waals surface area contributed by atoms with Gasteiger partial charge in [-0.05, 0) is 35.3 Å². The molecule has 0 heteroatoms. The van der Waals surface area contributed by atoms with Crippen LogP contribution in [0.15, 0.2) is 48.5 Å². The highest BCUT2D eigenvalue weighted by Gasteiger charge is 2.03. The molecular weight excluding hydrogens is 192 g/mol. The van der Waals surface area contributed by atoms with E-state index in [9.17, 15) is 0 Å². The molecule has 0 fully saturated rings. The molecule has 2 aromatic carbocycles. The number of hydrogen-bond acceptors (Lipinski definition) is 0. The van der Waals surface area contributed by atoms with Gasteiger partial charge in [0.05, 0.1) is 0 Å². The van der Waals surface area contributed by atoms with E-state index >= 15 is 0 Å². The molecule has 2 rings (SSSR count). The lowest BCUT2D eigenvalue weighted by Gasteiger charge is -2.09. The van der Waals surface area contributed by atoms with Crippen LogP contribution >= 0.6 is 0 Å². The summed E-state index contributed by atoms with van der Waals surface area (Å²) in [5.41, 5.74) is 2.85. The Morgan fingerprint density at radius 1 is 1.06 bits per heavy atom. The smallest absolute Gasteiger partial charge is 0.0109 e. The molecule has 82 valence electrons. The van der Waals surface area contributed by atoms with Crippen LogP contribution in [0.3, 0.4) is 0 Å². The summed E-state index contributed by atoms with van der Waals surface area (Å²) in [5, 5.41) is 2.70. The van der Waals surface area contributed by atoms with Gasteiger partial charge in [-0.2, -0.15) is 0 Å². The average molecular weight is 210 g/mol. The number of allylic oxidation sites excluding steroid dienone is 2. The molecule has 0 N–H and O–H groups in total. The lowest BCUT2D eigenvalue weighted by atomic mass is 9.95. The average Bonchev–Trinajstić information content (AvgIpc) is 2.35. The third-order valence-corrected chi connectivity index (χ3v) is 3.00. The fourth-order valence-electron chi connectivity index (χ4n) is 2.21. The molecule has 0 atom stereocenters. The molecular formula is C16H18. The summed E-state index contributed by atoms with van der Waals surface area (Å²) in [6.07, 6.45) is 4.60. The molecule has 0 nitrogen and oxygen atoms in total. The van der Waals surface area contributed by atoms with Crippen molar-refractivity contribution in [3.63, 3.8) is 0 Å². The maximum absolute atomic E-state index is 2.24. The minimum Gasteiger partial charge on any atom is -0.0838 e. The van der Waals surface area contributed by atoms with E-state index in [1.165, 1.54) is 28.3 Å². The summed E-state index contributed by atoms with van der Waals surface area (Å²) < 4.78 is 0. The van der Waals surface area contributed by atoms with E-state index in [-0.39, 0.29) is 0 Å². The Labute approximate surface area is 97.6 Å². The lowest BCUT2D eigenvalue weighted by molar-refractivity contribution is 0.973. The van der Waals surface area contributed by atoms with Crippen molar-refractivity contribution in [3.8, 4) is 0 Å². The maximum atomic E-state index is 2.24. The van der Waals surface area contributed by atoms with Gasteiger partial charge in [0.15, 0.2) is 0 Å². The second kappa shape index (κ2) is 4.98. The SMILES string of the molecule is CC=C(CCC)c1cccc2ccccc12. The fourth-order valence-corrected chi connectivity index (χ4v) is 2.21. The Morgan fingerprint density at radius 2 is 1.81 bits per heavy atom. The zero-order chi connectivity index (χ0) is 11.4. The largest absolute Gasteiger partial charge is 0.0838 e. The van der Waals surface area contributed by atoms with Gasteiger partial charge < -0.3 is 0 Å². The summed E-state index contributed by atoms with van der Waals surface area (Å²) in [5.74, 6) is 0. The van der Waals surface area contributed by atoms with Crippen LogP contribution in [-0.2, 0) is 0 Å². The molecule has 0 bridgehead atoms. The van der Waals surface area contributed by atoms with E-state index in [1.807, 2.05) is 0 Å². The summed E-state index contributed by atoms with van der Waals surface area (Å²) >= 11 is 0. The van der Waals surface area contributed by atoms with Crippen LogP contribution in [0.4, 0.5) is 0 Å². The number of benzene rings is 2. The van der Waals surface area contributed by atoms with E-state index in [0.29, 0.717) is 0 Å². The van der Waals surface area contributed by atoms with Gasteiger partial charge in [-0.1, -0.05) is 61.9 Å². The van der Waals surface area contributed by atoms with Crippen molar-refractivity contribution in [1.29, 1.82) is 0 Å². The van der Waals surface area contributed by atoms with Crippen molar-refractivity contribution in [2.24, 2.45) is 0 Å². The van der Waals surface area contributed by atoms with Gasteiger partial charge in [-0.15, -0.1) is 0 Å². The van der Waals surface area contributed by atoms with E-state index < -0.39 is 0 Å². The number of fused-ring (bicyclic) bond motifs is 1. The second-order valence-electron chi connectivity index (χ2n) is 4.09. The third kappa shape index (κ3) is 2.01. The molecule has 0 spiro atoms. The summed E-state index contributed by atoms with van der Waals surface area (Å²) in [4.78, 5) is 0. The second-order valence-corrected chi connectivity index (χ2v) is 4.09. The van der Waals surface area contributed by atoms with E-state index in [4.69, 9.17) is 0 Å². The normalized spacial score (nSPS) is 12.0. The lowest BCUT2D eigenvalue weighted by Crippen LogP contribution is -1.86. The van der Waals surface area contributed by atoms with Crippen molar-refractivity contribution >= 4 is 16.3 Å². The molecule has 0 aliphatic heterocycles. The zero-order valence-corrected chi connectivity index (χ0v) is 10.0. The van der Waals surface area contributed by atoms with Gasteiger partial charge in [0.1, 0.15) is 0 Å². The summed E-state index contributed by atoms with van der Waals surface area (Å²) in [7, 11) is 0. The van der Waals surface area contributed by atoms with Crippen molar-refractivity contribution in [2.75, 3.05) is 0 Å². The molecule has 0 radical (unpaired) electrons.